The van der Waals surface area contributed by atoms with Gasteiger partial charge in [-0.15, -0.1) is 10.2 Å². The number of aromatic nitrogens is 2. The molecule has 1 amide bonds. The summed E-state index contributed by atoms with van der Waals surface area (Å²) in [5.41, 5.74) is 2.07. The lowest BCUT2D eigenvalue weighted by molar-refractivity contribution is -0.129. The second-order valence-electron chi connectivity index (χ2n) is 7.30. The average Bonchev–Trinajstić information content (AvgIpc) is 3.48. The number of carbonyl (C=O) groups excluding carboxylic acids is 1. The van der Waals surface area contributed by atoms with Crippen LogP contribution in [0.15, 0.2) is 52.9 Å². The van der Waals surface area contributed by atoms with Crippen molar-refractivity contribution < 1.29 is 14.3 Å². The van der Waals surface area contributed by atoms with Crippen molar-refractivity contribution >= 4 is 39.8 Å². The van der Waals surface area contributed by atoms with Crippen LogP contribution < -0.4 is 14.8 Å². The lowest BCUT2D eigenvalue weighted by atomic mass is 10.0. The van der Waals surface area contributed by atoms with Crippen LogP contribution in [0.3, 0.4) is 0 Å². The summed E-state index contributed by atoms with van der Waals surface area (Å²) in [6.07, 6.45) is 1.96. The lowest BCUT2D eigenvalue weighted by Gasteiger charge is -2.26. The summed E-state index contributed by atoms with van der Waals surface area (Å²) in [5, 5.41) is 12.3. The van der Waals surface area contributed by atoms with Crippen LogP contribution in [0.4, 0.5) is 10.8 Å². The zero-order chi connectivity index (χ0) is 21.0. The molecule has 9 heteroatoms. The van der Waals surface area contributed by atoms with Gasteiger partial charge in [0, 0.05) is 12.2 Å². The first kappa shape index (κ1) is 20.1. The van der Waals surface area contributed by atoms with Crippen molar-refractivity contribution in [1.29, 1.82) is 0 Å². The predicted molar refractivity (Wildman–Crippen MR) is 121 cm³/mol. The van der Waals surface area contributed by atoms with E-state index in [4.69, 9.17) is 9.47 Å². The molecular formula is C22H22N4O3S2. The molecule has 1 saturated heterocycles. The van der Waals surface area contributed by atoms with Gasteiger partial charge in [-0.05, 0) is 42.7 Å². The van der Waals surface area contributed by atoms with Gasteiger partial charge in [-0.3, -0.25) is 4.79 Å². The molecule has 3 aromatic rings. The number of hydrogen-bond donors (Lipinski definition) is 1. The van der Waals surface area contributed by atoms with Gasteiger partial charge in [0.05, 0.1) is 11.8 Å². The summed E-state index contributed by atoms with van der Waals surface area (Å²) < 4.78 is 12.1. The Bertz CT molecular complexity index is 1060. The largest absolute Gasteiger partial charge is 0.486 e. The SMILES string of the molecule is O=C(CSc1nnc(Nc2ccccc2)s1)N1CCCC1c1ccc2c(c1)OCCO2. The standard InChI is InChI=1S/C22H22N4O3S2/c27-20(14-30-22-25-24-21(31-22)23-16-5-2-1-3-6-16)26-10-4-7-17(26)15-8-9-18-19(13-15)29-12-11-28-18/h1-3,5-6,8-9,13,17H,4,7,10-12,14H2,(H,23,24). The number of fused-ring (bicyclic) bond motifs is 1. The third-order valence-corrected chi connectivity index (χ3v) is 7.23. The highest BCUT2D eigenvalue weighted by atomic mass is 32.2. The number of likely N-dealkylation sites (tertiary alicyclic amines) is 1. The van der Waals surface area contributed by atoms with Gasteiger partial charge in [-0.1, -0.05) is 47.4 Å². The van der Waals surface area contributed by atoms with Crippen LogP contribution in [0.25, 0.3) is 0 Å². The minimum Gasteiger partial charge on any atom is -0.486 e. The van der Waals surface area contributed by atoms with E-state index < -0.39 is 0 Å². The van der Waals surface area contributed by atoms with Gasteiger partial charge >= 0.3 is 0 Å². The fraction of sp³-hybridized carbons (Fsp3) is 0.318. The summed E-state index contributed by atoms with van der Waals surface area (Å²) in [6.45, 7) is 1.91. The van der Waals surface area contributed by atoms with Crippen LogP contribution in [0, 0.1) is 0 Å². The van der Waals surface area contributed by atoms with E-state index in [9.17, 15) is 4.79 Å². The maximum absolute atomic E-state index is 13.0. The minimum atomic E-state index is 0.0775. The van der Waals surface area contributed by atoms with Crippen molar-refractivity contribution in [1.82, 2.24) is 15.1 Å². The van der Waals surface area contributed by atoms with E-state index in [1.165, 1.54) is 23.1 Å². The molecule has 7 nitrogen and oxygen atoms in total. The Morgan fingerprint density at radius 1 is 1.13 bits per heavy atom. The highest BCUT2D eigenvalue weighted by molar-refractivity contribution is 8.01. The molecule has 1 fully saturated rings. The van der Waals surface area contributed by atoms with Gasteiger partial charge in [0.1, 0.15) is 13.2 Å². The maximum Gasteiger partial charge on any atom is 0.233 e. The number of anilines is 2. The second-order valence-corrected chi connectivity index (χ2v) is 9.50. The van der Waals surface area contributed by atoms with E-state index in [0.29, 0.717) is 19.0 Å². The van der Waals surface area contributed by atoms with Crippen LogP contribution >= 0.6 is 23.1 Å². The van der Waals surface area contributed by atoms with E-state index in [-0.39, 0.29) is 11.9 Å². The fourth-order valence-corrected chi connectivity index (χ4v) is 5.51. The van der Waals surface area contributed by atoms with E-state index in [2.05, 4.69) is 15.5 Å². The van der Waals surface area contributed by atoms with E-state index in [1.54, 1.807) is 0 Å². The van der Waals surface area contributed by atoms with Gasteiger partial charge in [0.25, 0.3) is 0 Å². The number of benzene rings is 2. The number of hydrogen-bond acceptors (Lipinski definition) is 8. The van der Waals surface area contributed by atoms with Crippen molar-refractivity contribution in [3.63, 3.8) is 0 Å². The predicted octanol–water partition coefficient (Wildman–Crippen LogP) is 4.51. The molecule has 2 aromatic carbocycles. The summed E-state index contributed by atoms with van der Waals surface area (Å²) in [7, 11) is 0. The molecular weight excluding hydrogens is 432 g/mol. The molecule has 2 aliphatic rings. The zero-order valence-corrected chi connectivity index (χ0v) is 18.5. The van der Waals surface area contributed by atoms with E-state index in [1.807, 2.05) is 53.4 Å². The Kier molecular flexibility index (Phi) is 5.95. The number of nitrogens with one attached hydrogen (secondary N) is 1. The van der Waals surface area contributed by atoms with Gasteiger partial charge in [0.2, 0.25) is 11.0 Å². The fourth-order valence-electron chi connectivity index (χ4n) is 3.85. The molecule has 0 aliphatic carbocycles. The van der Waals surface area contributed by atoms with Gasteiger partial charge in [0.15, 0.2) is 15.8 Å². The van der Waals surface area contributed by atoms with Crippen LogP contribution in [0.1, 0.15) is 24.4 Å². The quantitative estimate of drug-likeness (QED) is 0.549. The maximum atomic E-state index is 13.0. The minimum absolute atomic E-state index is 0.0775. The van der Waals surface area contributed by atoms with Crippen molar-refractivity contribution in [3.05, 3.63) is 54.1 Å². The Morgan fingerprint density at radius 3 is 2.84 bits per heavy atom. The molecule has 1 unspecified atom stereocenters. The van der Waals surface area contributed by atoms with E-state index >= 15 is 0 Å². The van der Waals surface area contributed by atoms with Gasteiger partial charge < -0.3 is 19.7 Å². The first-order valence-corrected chi connectivity index (χ1v) is 12.0. The van der Waals surface area contributed by atoms with Crippen molar-refractivity contribution in [2.45, 2.75) is 23.2 Å². The number of thioether (sulfide) groups is 1. The van der Waals surface area contributed by atoms with Crippen LogP contribution in [-0.2, 0) is 4.79 Å². The summed E-state index contributed by atoms with van der Waals surface area (Å²) in [4.78, 5) is 15.0. The molecule has 0 spiro atoms. The highest BCUT2D eigenvalue weighted by Gasteiger charge is 2.31. The molecule has 160 valence electrons. The topological polar surface area (TPSA) is 76.6 Å². The molecule has 1 aromatic heterocycles. The van der Waals surface area contributed by atoms with Crippen molar-refractivity contribution in [2.75, 3.05) is 30.8 Å². The Labute approximate surface area is 188 Å². The molecule has 5 rings (SSSR count). The van der Waals surface area contributed by atoms with Crippen LogP contribution in [-0.4, -0.2) is 46.5 Å². The number of nitrogens with zero attached hydrogens (tertiary/aromatic N) is 3. The van der Waals surface area contributed by atoms with Gasteiger partial charge in [-0.2, -0.15) is 0 Å². The van der Waals surface area contributed by atoms with Crippen LogP contribution in [0.5, 0.6) is 11.5 Å². The Hall–Kier alpha value is -2.78. The first-order valence-electron chi connectivity index (χ1n) is 10.2. The molecule has 2 aliphatic heterocycles. The Morgan fingerprint density at radius 2 is 1.97 bits per heavy atom. The first-order chi connectivity index (χ1) is 15.3. The number of ether oxygens (including phenoxy) is 2. The summed E-state index contributed by atoms with van der Waals surface area (Å²) in [5.74, 6) is 2.01. The number of carbonyl (C=O) groups is 1. The molecule has 31 heavy (non-hydrogen) atoms. The molecule has 3 heterocycles. The third kappa shape index (κ3) is 4.62. The van der Waals surface area contributed by atoms with Crippen molar-refractivity contribution in [3.8, 4) is 11.5 Å². The van der Waals surface area contributed by atoms with Crippen LogP contribution in [0.2, 0.25) is 0 Å². The molecule has 1 atom stereocenters. The highest BCUT2D eigenvalue weighted by Crippen LogP contribution is 2.38. The number of amides is 1. The second kappa shape index (κ2) is 9.15. The summed E-state index contributed by atoms with van der Waals surface area (Å²) >= 11 is 2.89. The number of rotatable bonds is 6. The van der Waals surface area contributed by atoms with Crippen molar-refractivity contribution in [2.24, 2.45) is 0 Å². The molecule has 1 N–H and O–H groups in total. The Balaban J connectivity index is 1.20. The smallest absolute Gasteiger partial charge is 0.233 e. The summed E-state index contributed by atoms with van der Waals surface area (Å²) in [6, 6.07) is 15.9. The number of para-hydroxylation sites is 1. The molecule has 0 saturated carbocycles. The molecule has 0 radical (unpaired) electrons. The zero-order valence-electron chi connectivity index (χ0n) is 16.8. The molecule has 0 bridgehead atoms. The monoisotopic (exact) mass is 454 g/mol. The van der Waals surface area contributed by atoms with E-state index in [0.717, 1.165) is 51.6 Å². The normalized spacial score (nSPS) is 17.5. The third-order valence-electron chi connectivity index (χ3n) is 5.27. The lowest BCUT2D eigenvalue weighted by Crippen LogP contribution is -2.32. The average molecular weight is 455 g/mol. The van der Waals surface area contributed by atoms with Gasteiger partial charge in [-0.25, -0.2) is 0 Å².